The Morgan fingerprint density at radius 3 is 2.39 bits per heavy atom. The Balaban J connectivity index is 2.05. The molecule has 0 radical (unpaired) electrons. The van der Waals surface area contributed by atoms with Gasteiger partial charge in [-0.2, -0.15) is 4.31 Å². The number of amides is 1. The van der Waals surface area contributed by atoms with E-state index in [1.165, 1.54) is 4.31 Å². The molecule has 2 rings (SSSR count). The smallest absolute Gasteiger partial charge is 0.410 e. The van der Waals surface area contributed by atoms with Crippen molar-refractivity contribution in [2.45, 2.75) is 56.9 Å². The zero-order valence-corrected chi connectivity index (χ0v) is 14.5. The number of hydrogen-bond donors (Lipinski definition) is 1. The first-order valence-corrected chi connectivity index (χ1v) is 9.24. The van der Waals surface area contributed by atoms with Crippen molar-refractivity contribution in [1.82, 2.24) is 9.21 Å². The summed E-state index contributed by atoms with van der Waals surface area (Å²) in [5.41, 5.74) is -0.613. The molecule has 0 aromatic rings. The number of ether oxygens (including phenoxy) is 1. The Labute approximate surface area is 136 Å². The van der Waals surface area contributed by atoms with Gasteiger partial charge in [0.2, 0.25) is 10.0 Å². The summed E-state index contributed by atoms with van der Waals surface area (Å²) >= 11 is 0. The minimum absolute atomic E-state index is 0.0802. The number of carboxylic acids is 1. The fraction of sp³-hybridized carbons (Fsp3) is 0.857. The topological polar surface area (TPSA) is 104 Å². The van der Waals surface area contributed by atoms with Gasteiger partial charge < -0.3 is 14.7 Å². The van der Waals surface area contributed by atoms with E-state index in [4.69, 9.17) is 9.84 Å². The van der Waals surface area contributed by atoms with Crippen LogP contribution < -0.4 is 0 Å². The highest BCUT2D eigenvalue weighted by molar-refractivity contribution is 7.90. The molecule has 0 saturated carbocycles. The number of likely N-dealkylation sites (tertiary alicyclic amines) is 1. The van der Waals surface area contributed by atoms with E-state index in [1.807, 2.05) is 0 Å². The second-order valence-electron chi connectivity index (χ2n) is 6.99. The second kappa shape index (κ2) is 6.27. The number of sulfonamides is 1. The average molecular weight is 348 g/mol. The summed E-state index contributed by atoms with van der Waals surface area (Å²) < 4.78 is 31.0. The fourth-order valence-corrected chi connectivity index (χ4v) is 4.74. The van der Waals surface area contributed by atoms with Crippen LogP contribution in [0.4, 0.5) is 4.79 Å². The van der Waals surface area contributed by atoms with Gasteiger partial charge in [-0.25, -0.2) is 13.2 Å². The maximum Gasteiger partial charge on any atom is 0.410 e. The lowest BCUT2D eigenvalue weighted by atomic mass is 10.2. The summed E-state index contributed by atoms with van der Waals surface area (Å²) in [6, 6.07) is -0.271. The summed E-state index contributed by atoms with van der Waals surface area (Å²) in [5.74, 6) is -1.32. The molecule has 1 amide bonds. The molecule has 0 aromatic heterocycles. The van der Waals surface area contributed by atoms with Gasteiger partial charge in [0, 0.05) is 25.7 Å². The lowest BCUT2D eigenvalue weighted by molar-refractivity contribution is -0.136. The van der Waals surface area contributed by atoms with Gasteiger partial charge in [0.05, 0.1) is 0 Å². The number of carboxylic acid groups (broad SMARTS) is 1. The van der Waals surface area contributed by atoms with Gasteiger partial charge in [0.25, 0.3) is 0 Å². The molecule has 2 fully saturated rings. The van der Waals surface area contributed by atoms with Crippen LogP contribution in [0.25, 0.3) is 0 Å². The molecule has 132 valence electrons. The molecule has 1 N–H and O–H groups in total. The van der Waals surface area contributed by atoms with Crippen molar-refractivity contribution in [2.75, 3.05) is 19.6 Å². The van der Waals surface area contributed by atoms with Crippen molar-refractivity contribution >= 4 is 22.1 Å². The van der Waals surface area contributed by atoms with E-state index in [0.29, 0.717) is 13.0 Å². The molecular weight excluding hydrogens is 324 g/mol. The molecule has 0 spiro atoms. The first kappa shape index (κ1) is 18.0. The predicted molar refractivity (Wildman–Crippen MR) is 82.5 cm³/mol. The highest BCUT2D eigenvalue weighted by Gasteiger charge is 2.45. The van der Waals surface area contributed by atoms with E-state index in [9.17, 15) is 18.0 Å². The number of carbonyl (C=O) groups is 2. The van der Waals surface area contributed by atoms with Crippen LogP contribution in [0.5, 0.6) is 0 Å². The van der Waals surface area contributed by atoms with Gasteiger partial charge in [-0.15, -0.1) is 0 Å². The predicted octanol–water partition coefficient (Wildman–Crippen LogP) is 0.875. The SMILES string of the molecule is CC(C)(C)OC(=O)N1CCC[C@@H]1CN1CCC(C(=O)O)S1(=O)=O. The Kier molecular flexibility index (Phi) is 4.91. The highest BCUT2D eigenvalue weighted by Crippen LogP contribution is 2.27. The Bertz CT molecular complexity index is 583. The summed E-state index contributed by atoms with van der Waals surface area (Å²) in [4.78, 5) is 24.8. The highest BCUT2D eigenvalue weighted by atomic mass is 32.2. The maximum absolute atomic E-state index is 12.2. The van der Waals surface area contributed by atoms with Gasteiger partial charge in [0.15, 0.2) is 5.25 Å². The van der Waals surface area contributed by atoms with Crippen molar-refractivity contribution in [1.29, 1.82) is 0 Å². The summed E-state index contributed by atoms with van der Waals surface area (Å²) in [7, 11) is -3.84. The minimum Gasteiger partial charge on any atom is -0.480 e. The van der Waals surface area contributed by atoms with Crippen molar-refractivity contribution in [3.63, 3.8) is 0 Å². The number of hydrogen-bond acceptors (Lipinski definition) is 5. The molecule has 2 saturated heterocycles. The van der Waals surface area contributed by atoms with Crippen LogP contribution in [0.2, 0.25) is 0 Å². The van der Waals surface area contributed by atoms with Crippen LogP contribution in [-0.4, -0.2) is 71.3 Å². The summed E-state index contributed by atoms with van der Waals surface area (Å²) in [6.45, 7) is 6.16. The minimum atomic E-state index is -3.84. The van der Waals surface area contributed by atoms with Gasteiger partial charge in [-0.1, -0.05) is 0 Å². The fourth-order valence-electron chi connectivity index (χ4n) is 2.98. The number of rotatable bonds is 3. The zero-order valence-electron chi connectivity index (χ0n) is 13.7. The van der Waals surface area contributed by atoms with E-state index >= 15 is 0 Å². The Morgan fingerprint density at radius 1 is 1.22 bits per heavy atom. The first-order valence-electron chi connectivity index (χ1n) is 7.74. The van der Waals surface area contributed by atoms with E-state index in [0.717, 1.165) is 6.42 Å². The van der Waals surface area contributed by atoms with Crippen molar-refractivity contribution in [2.24, 2.45) is 0 Å². The molecule has 23 heavy (non-hydrogen) atoms. The van der Waals surface area contributed by atoms with Gasteiger partial charge in [-0.05, 0) is 40.0 Å². The summed E-state index contributed by atoms with van der Waals surface area (Å²) in [6.07, 6.45) is 1.09. The Morgan fingerprint density at radius 2 is 1.87 bits per heavy atom. The zero-order chi connectivity index (χ0) is 17.4. The van der Waals surface area contributed by atoms with E-state index < -0.39 is 32.9 Å². The standard InChI is InChI=1S/C14H24N2O6S/c1-14(2,3)22-13(19)16-7-4-5-10(16)9-15-8-6-11(12(17)18)23(15,20)21/h10-11H,4-9H2,1-3H3,(H,17,18)/t10-,11?/m1/s1. The van der Waals surface area contributed by atoms with E-state index in [2.05, 4.69) is 0 Å². The van der Waals surface area contributed by atoms with Crippen molar-refractivity contribution in [3.05, 3.63) is 0 Å². The quantitative estimate of drug-likeness (QED) is 0.812. The molecule has 0 bridgehead atoms. The molecule has 2 atom stereocenters. The largest absolute Gasteiger partial charge is 0.480 e. The third-order valence-corrected chi connectivity index (χ3v) is 6.26. The van der Waals surface area contributed by atoms with E-state index in [1.54, 1.807) is 25.7 Å². The molecule has 0 aromatic carbocycles. The average Bonchev–Trinajstić information content (AvgIpc) is 2.93. The normalized spacial score (nSPS) is 28.0. The molecule has 0 aliphatic carbocycles. The number of aliphatic carboxylic acids is 1. The van der Waals surface area contributed by atoms with E-state index in [-0.39, 0.29) is 25.6 Å². The lowest BCUT2D eigenvalue weighted by Crippen LogP contribution is -2.46. The number of carbonyl (C=O) groups excluding carboxylic acids is 1. The number of nitrogens with zero attached hydrogens (tertiary/aromatic N) is 2. The first-order chi connectivity index (χ1) is 10.5. The molecule has 2 aliphatic rings. The monoisotopic (exact) mass is 348 g/mol. The van der Waals surface area contributed by atoms with Gasteiger partial charge in [0.1, 0.15) is 5.60 Å². The maximum atomic E-state index is 12.2. The molecule has 8 nitrogen and oxygen atoms in total. The molecule has 2 aliphatic heterocycles. The third kappa shape index (κ3) is 3.95. The molecular formula is C14H24N2O6S. The van der Waals surface area contributed by atoms with Crippen LogP contribution in [0, 0.1) is 0 Å². The van der Waals surface area contributed by atoms with Gasteiger partial charge >= 0.3 is 12.1 Å². The molecule has 1 unspecified atom stereocenters. The summed E-state index contributed by atoms with van der Waals surface area (Å²) in [5, 5.41) is 7.63. The third-order valence-electron chi connectivity index (χ3n) is 4.06. The van der Waals surface area contributed by atoms with Crippen LogP contribution in [0.15, 0.2) is 0 Å². The van der Waals surface area contributed by atoms with Crippen LogP contribution in [0.3, 0.4) is 0 Å². The molecule has 2 heterocycles. The van der Waals surface area contributed by atoms with Gasteiger partial charge in [-0.3, -0.25) is 4.79 Å². The Hall–Kier alpha value is -1.35. The van der Waals surface area contributed by atoms with Crippen molar-refractivity contribution < 1.29 is 27.9 Å². The van der Waals surface area contributed by atoms with Crippen LogP contribution in [0.1, 0.15) is 40.0 Å². The van der Waals surface area contributed by atoms with Crippen LogP contribution >= 0.6 is 0 Å². The molecule has 9 heteroatoms. The van der Waals surface area contributed by atoms with Crippen LogP contribution in [-0.2, 0) is 19.6 Å². The lowest BCUT2D eigenvalue weighted by Gasteiger charge is -2.30. The van der Waals surface area contributed by atoms with Crippen molar-refractivity contribution in [3.8, 4) is 0 Å². The second-order valence-corrected chi connectivity index (χ2v) is 9.10.